The second-order valence-corrected chi connectivity index (χ2v) is 6.56. The van der Waals surface area contributed by atoms with E-state index in [0.29, 0.717) is 17.6 Å². The fourth-order valence-electron chi connectivity index (χ4n) is 3.16. The lowest BCUT2D eigenvalue weighted by Gasteiger charge is -2.13. The van der Waals surface area contributed by atoms with Crippen molar-refractivity contribution in [3.05, 3.63) is 54.1 Å². The van der Waals surface area contributed by atoms with E-state index in [9.17, 15) is 0 Å². The maximum Gasteiger partial charge on any atom is 0.346 e. The highest BCUT2D eigenvalue weighted by molar-refractivity contribution is 5.44. The fraction of sp³-hybridized carbons (Fsp3) is 0.350. The van der Waals surface area contributed by atoms with Gasteiger partial charge in [-0.25, -0.2) is 0 Å². The molecule has 4 rings (SSSR count). The van der Waals surface area contributed by atoms with Crippen LogP contribution in [0.3, 0.4) is 0 Å². The molecular formula is C20H23N5O3. The molecule has 3 aromatic rings. The van der Waals surface area contributed by atoms with Crippen molar-refractivity contribution in [3.63, 3.8) is 0 Å². The first kappa shape index (κ1) is 18.4. The maximum atomic E-state index is 5.93. The molecular weight excluding hydrogens is 358 g/mol. The molecule has 0 bridgehead atoms. The second-order valence-electron chi connectivity index (χ2n) is 6.56. The lowest BCUT2D eigenvalue weighted by atomic mass is 10.2. The van der Waals surface area contributed by atoms with Crippen LogP contribution in [0.15, 0.2) is 48.5 Å². The molecule has 1 aliphatic heterocycles. The summed E-state index contributed by atoms with van der Waals surface area (Å²) in [6, 6.07) is 15.7. The molecule has 0 saturated carbocycles. The van der Waals surface area contributed by atoms with Crippen LogP contribution < -0.4 is 14.8 Å². The molecule has 8 heteroatoms. The van der Waals surface area contributed by atoms with Gasteiger partial charge >= 0.3 is 6.01 Å². The monoisotopic (exact) mass is 381 g/mol. The maximum absolute atomic E-state index is 5.93. The Morgan fingerprint density at radius 1 is 1.18 bits per heavy atom. The van der Waals surface area contributed by atoms with Gasteiger partial charge in [-0.05, 0) is 53.1 Å². The summed E-state index contributed by atoms with van der Waals surface area (Å²) in [4.78, 5) is 0. The number of hydrogen-bond acceptors (Lipinski definition) is 7. The van der Waals surface area contributed by atoms with Gasteiger partial charge in [0.15, 0.2) is 11.5 Å². The summed E-state index contributed by atoms with van der Waals surface area (Å²) >= 11 is 0. The van der Waals surface area contributed by atoms with E-state index in [1.165, 1.54) is 4.68 Å². The van der Waals surface area contributed by atoms with Crippen molar-refractivity contribution in [2.75, 3.05) is 20.3 Å². The average Bonchev–Trinajstić information content (AvgIpc) is 3.42. The van der Waals surface area contributed by atoms with Crippen molar-refractivity contribution in [1.82, 2.24) is 25.5 Å². The van der Waals surface area contributed by atoms with Crippen molar-refractivity contribution in [1.29, 1.82) is 0 Å². The predicted molar refractivity (Wildman–Crippen MR) is 103 cm³/mol. The highest BCUT2D eigenvalue weighted by Crippen LogP contribution is 2.32. The van der Waals surface area contributed by atoms with Gasteiger partial charge in [0.05, 0.1) is 18.9 Å². The summed E-state index contributed by atoms with van der Waals surface area (Å²) in [5, 5.41) is 15.1. The minimum absolute atomic E-state index is 0.272. The third-order valence-corrected chi connectivity index (χ3v) is 4.60. The number of aromatic nitrogens is 4. The number of methoxy groups -OCH3 is 1. The van der Waals surface area contributed by atoms with E-state index in [-0.39, 0.29) is 6.01 Å². The molecule has 0 unspecified atom stereocenters. The van der Waals surface area contributed by atoms with E-state index in [4.69, 9.17) is 14.2 Å². The number of nitrogens with one attached hydrogen (secondary N) is 1. The summed E-state index contributed by atoms with van der Waals surface area (Å²) in [5.74, 6) is 1.18. The van der Waals surface area contributed by atoms with Crippen molar-refractivity contribution in [2.24, 2.45) is 0 Å². The Kier molecular flexibility index (Phi) is 5.79. The highest BCUT2D eigenvalue weighted by Gasteiger charge is 2.16. The Hall–Kier alpha value is -2.97. The quantitative estimate of drug-likeness (QED) is 0.642. The summed E-state index contributed by atoms with van der Waals surface area (Å²) in [7, 11) is 1.62. The van der Waals surface area contributed by atoms with Gasteiger partial charge in [0.2, 0.25) is 0 Å². The summed E-state index contributed by atoms with van der Waals surface area (Å²) in [6.45, 7) is 2.46. The molecule has 0 amide bonds. The number of hydrogen-bond donors (Lipinski definition) is 1. The number of nitrogens with zero attached hydrogens (tertiary/aromatic N) is 4. The Morgan fingerprint density at radius 3 is 2.86 bits per heavy atom. The van der Waals surface area contributed by atoms with Gasteiger partial charge in [0.1, 0.15) is 0 Å². The number of benzene rings is 2. The summed E-state index contributed by atoms with van der Waals surface area (Å²) in [6.07, 6.45) is 2.59. The Morgan fingerprint density at radius 2 is 2.07 bits per heavy atom. The molecule has 1 aromatic heterocycles. The summed E-state index contributed by atoms with van der Waals surface area (Å²) < 4.78 is 18.6. The number of para-hydroxylation sites is 1. The lowest BCUT2D eigenvalue weighted by Crippen LogP contribution is -2.25. The SMILES string of the molecule is COc1cc(CNC[C@H]2CCCO2)ccc1Oc1nnnn1-c1ccccc1. The third-order valence-electron chi connectivity index (χ3n) is 4.60. The molecule has 1 N–H and O–H groups in total. The molecule has 2 aromatic carbocycles. The van der Waals surface area contributed by atoms with Gasteiger partial charge in [0, 0.05) is 19.7 Å². The van der Waals surface area contributed by atoms with Crippen molar-refractivity contribution in [3.8, 4) is 23.2 Å². The van der Waals surface area contributed by atoms with Crippen LogP contribution in [0.1, 0.15) is 18.4 Å². The first-order valence-electron chi connectivity index (χ1n) is 9.34. The molecule has 1 fully saturated rings. The van der Waals surface area contributed by atoms with E-state index >= 15 is 0 Å². The Bertz CT molecular complexity index is 894. The molecule has 1 saturated heterocycles. The van der Waals surface area contributed by atoms with Gasteiger partial charge < -0.3 is 19.5 Å². The van der Waals surface area contributed by atoms with E-state index in [0.717, 1.165) is 43.8 Å². The molecule has 0 aliphatic carbocycles. The number of ether oxygens (including phenoxy) is 3. The van der Waals surface area contributed by atoms with Gasteiger partial charge in [-0.3, -0.25) is 0 Å². The Labute approximate surface area is 163 Å². The molecule has 1 atom stereocenters. The van der Waals surface area contributed by atoms with Crippen LogP contribution in [-0.4, -0.2) is 46.6 Å². The van der Waals surface area contributed by atoms with Crippen LogP contribution in [-0.2, 0) is 11.3 Å². The first-order valence-corrected chi connectivity index (χ1v) is 9.34. The molecule has 1 aliphatic rings. The zero-order valence-electron chi connectivity index (χ0n) is 15.7. The van der Waals surface area contributed by atoms with Gasteiger partial charge in [-0.2, -0.15) is 4.68 Å². The van der Waals surface area contributed by atoms with Crippen LogP contribution in [0.2, 0.25) is 0 Å². The highest BCUT2D eigenvalue weighted by atomic mass is 16.5. The van der Waals surface area contributed by atoms with Crippen LogP contribution in [0, 0.1) is 0 Å². The smallest absolute Gasteiger partial charge is 0.346 e. The molecule has 0 radical (unpaired) electrons. The standard InChI is InChI=1S/C20H23N5O3/c1-26-19-12-15(13-21-14-17-8-5-11-27-17)9-10-18(19)28-20-22-23-24-25(20)16-6-3-2-4-7-16/h2-4,6-7,9-10,12,17,21H,5,8,11,13-14H2,1H3/t17-/m1/s1. The first-order chi connectivity index (χ1) is 13.8. The molecule has 2 heterocycles. The fourth-order valence-corrected chi connectivity index (χ4v) is 3.16. The topological polar surface area (TPSA) is 83.3 Å². The largest absolute Gasteiger partial charge is 0.493 e. The minimum Gasteiger partial charge on any atom is -0.493 e. The van der Waals surface area contributed by atoms with Crippen LogP contribution >= 0.6 is 0 Å². The van der Waals surface area contributed by atoms with E-state index in [1.54, 1.807) is 7.11 Å². The van der Waals surface area contributed by atoms with Crippen LogP contribution in [0.5, 0.6) is 17.5 Å². The number of tetrazole rings is 1. The summed E-state index contributed by atoms with van der Waals surface area (Å²) in [5.41, 5.74) is 1.92. The van der Waals surface area contributed by atoms with Crippen molar-refractivity contribution < 1.29 is 14.2 Å². The van der Waals surface area contributed by atoms with Gasteiger partial charge in [-0.15, -0.1) is 0 Å². The van der Waals surface area contributed by atoms with Crippen LogP contribution in [0.25, 0.3) is 5.69 Å². The third kappa shape index (κ3) is 4.29. The van der Waals surface area contributed by atoms with Crippen LogP contribution in [0.4, 0.5) is 0 Å². The Balaban J connectivity index is 1.44. The molecule has 28 heavy (non-hydrogen) atoms. The van der Waals surface area contributed by atoms with E-state index < -0.39 is 0 Å². The zero-order chi connectivity index (χ0) is 19.2. The normalized spacial score (nSPS) is 16.2. The van der Waals surface area contributed by atoms with Crippen molar-refractivity contribution in [2.45, 2.75) is 25.5 Å². The molecule has 146 valence electrons. The average molecular weight is 381 g/mol. The lowest BCUT2D eigenvalue weighted by molar-refractivity contribution is 0.110. The van der Waals surface area contributed by atoms with E-state index in [1.807, 2.05) is 48.5 Å². The zero-order valence-corrected chi connectivity index (χ0v) is 15.7. The number of rotatable bonds is 8. The van der Waals surface area contributed by atoms with Gasteiger partial charge in [0.25, 0.3) is 0 Å². The van der Waals surface area contributed by atoms with Gasteiger partial charge in [-0.1, -0.05) is 29.4 Å². The second kappa shape index (κ2) is 8.81. The molecule has 0 spiro atoms. The molecule has 8 nitrogen and oxygen atoms in total. The van der Waals surface area contributed by atoms with Crippen molar-refractivity contribution >= 4 is 0 Å². The minimum atomic E-state index is 0.272. The van der Waals surface area contributed by atoms with E-state index in [2.05, 4.69) is 20.8 Å². The predicted octanol–water partition coefficient (Wildman–Crippen LogP) is 2.73.